The minimum Gasteiger partial charge on any atom is -0.481 e. The zero-order valence-corrected chi connectivity index (χ0v) is 13.2. The maximum Gasteiger partial charge on any atom is 0.317 e. The Kier molecular flexibility index (Phi) is 5.12. The van der Waals surface area contributed by atoms with Crippen molar-refractivity contribution in [3.05, 3.63) is 0 Å². The molecule has 0 bridgehead atoms. The van der Waals surface area contributed by atoms with Crippen LogP contribution in [-0.2, 0) is 4.79 Å². The van der Waals surface area contributed by atoms with Crippen molar-refractivity contribution in [2.45, 2.75) is 64.8 Å². The summed E-state index contributed by atoms with van der Waals surface area (Å²) in [7, 11) is 0. The van der Waals surface area contributed by atoms with Crippen LogP contribution in [0.2, 0.25) is 0 Å². The van der Waals surface area contributed by atoms with Crippen LogP contribution >= 0.6 is 0 Å². The third-order valence-corrected chi connectivity index (χ3v) is 5.07. The Morgan fingerprint density at radius 3 is 2.71 bits per heavy atom. The highest BCUT2D eigenvalue weighted by Gasteiger charge is 2.43. The molecule has 0 aromatic heterocycles. The Balaban J connectivity index is 1.96. The molecule has 1 saturated carbocycles. The van der Waals surface area contributed by atoms with Crippen LogP contribution in [0, 0.1) is 11.3 Å². The van der Waals surface area contributed by atoms with Crippen LogP contribution in [0.25, 0.3) is 0 Å². The molecule has 1 aliphatic carbocycles. The van der Waals surface area contributed by atoms with Gasteiger partial charge < -0.3 is 15.3 Å². The summed E-state index contributed by atoms with van der Waals surface area (Å²) in [5.41, 5.74) is -0.743. The summed E-state index contributed by atoms with van der Waals surface area (Å²) in [6.45, 7) is 5.24. The first-order chi connectivity index (χ1) is 9.97. The predicted molar refractivity (Wildman–Crippen MR) is 81.1 cm³/mol. The molecular weight excluding hydrogens is 268 g/mol. The number of carboxylic acids is 1. The van der Waals surface area contributed by atoms with Gasteiger partial charge in [0, 0.05) is 19.1 Å². The van der Waals surface area contributed by atoms with E-state index in [1.165, 1.54) is 6.42 Å². The number of nitrogens with one attached hydrogen (secondary N) is 1. The largest absolute Gasteiger partial charge is 0.481 e. The van der Waals surface area contributed by atoms with E-state index in [-0.39, 0.29) is 12.1 Å². The highest BCUT2D eigenvalue weighted by atomic mass is 16.4. The fourth-order valence-electron chi connectivity index (χ4n) is 3.87. The first kappa shape index (κ1) is 16.1. The fraction of sp³-hybridized carbons (Fsp3) is 0.875. The molecule has 3 unspecified atom stereocenters. The third kappa shape index (κ3) is 3.69. The molecule has 120 valence electrons. The molecule has 1 aliphatic heterocycles. The second kappa shape index (κ2) is 6.67. The molecule has 0 spiro atoms. The summed E-state index contributed by atoms with van der Waals surface area (Å²) in [4.78, 5) is 25.8. The maximum atomic E-state index is 12.4. The van der Waals surface area contributed by atoms with E-state index in [9.17, 15) is 14.7 Å². The van der Waals surface area contributed by atoms with Gasteiger partial charge in [0.2, 0.25) is 0 Å². The van der Waals surface area contributed by atoms with E-state index in [0.29, 0.717) is 31.8 Å². The van der Waals surface area contributed by atoms with E-state index >= 15 is 0 Å². The Labute approximate surface area is 127 Å². The topological polar surface area (TPSA) is 69.6 Å². The summed E-state index contributed by atoms with van der Waals surface area (Å²) in [6, 6.07) is 0.190. The quantitative estimate of drug-likeness (QED) is 0.838. The number of hydrogen-bond acceptors (Lipinski definition) is 2. The zero-order valence-electron chi connectivity index (χ0n) is 13.2. The highest BCUT2D eigenvalue weighted by molar-refractivity contribution is 5.79. The lowest BCUT2D eigenvalue weighted by Gasteiger charge is -2.40. The van der Waals surface area contributed by atoms with Crippen LogP contribution in [0.3, 0.4) is 0 Å². The zero-order chi connectivity index (χ0) is 15.5. The van der Waals surface area contributed by atoms with E-state index in [1.54, 1.807) is 4.90 Å². The van der Waals surface area contributed by atoms with Crippen molar-refractivity contribution in [1.82, 2.24) is 10.2 Å². The van der Waals surface area contributed by atoms with Crippen molar-refractivity contribution < 1.29 is 14.7 Å². The summed E-state index contributed by atoms with van der Waals surface area (Å²) < 4.78 is 0. The van der Waals surface area contributed by atoms with Gasteiger partial charge in [-0.15, -0.1) is 0 Å². The molecule has 0 aromatic rings. The fourth-order valence-corrected chi connectivity index (χ4v) is 3.87. The van der Waals surface area contributed by atoms with Crippen LogP contribution in [0.5, 0.6) is 0 Å². The molecule has 0 aromatic carbocycles. The first-order valence-electron chi connectivity index (χ1n) is 8.25. The standard InChI is InChI=1S/C16H28N2O3/c1-3-7-16(14(19)20)8-4-9-18(11-16)15(21)17-13-6-5-12(2)10-13/h12-13H,3-11H2,1-2H3,(H,17,21)(H,19,20). The SMILES string of the molecule is CCCC1(C(=O)O)CCCN(C(=O)NC2CCC(C)C2)C1. The Morgan fingerprint density at radius 1 is 1.38 bits per heavy atom. The summed E-state index contributed by atoms with van der Waals surface area (Å²) in [6.07, 6.45) is 6.19. The van der Waals surface area contributed by atoms with E-state index in [0.717, 1.165) is 25.7 Å². The number of rotatable bonds is 4. The number of carbonyl (C=O) groups is 2. The Bertz CT molecular complexity index is 395. The molecule has 2 fully saturated rings. The maximum absolute atomic E-state index is 12.4. The predicted octanol–water partition coefficient (Wildman–Crippen LogP) is 2.85. The van der Waals surface area contributed by atoms with E-state index in [1.807, 2.05) is 6.92 Å². The number of amides is 2. The molecular formula is C16H28N2O3. The number of nitrogens with zero attached hydrogens (tertiary/aromatic N) is 1. The van der Waals surface area contributed by atoms with Crippen molar-refractivity contribution in [2.24, 2.45) is 11.3 Å². The second-order valence-electron chi connectivity index (χ2n) is 6.93. The molecule has 2 N–H and O–H groups in total. The normalized spacial score (nSPS) is 33.0. The van der Waals surface area contributed by atoms with Gasteiger partial charge in [-0.2, -0.15) is 0 Å². The van der Waals surface area contributed by atoms with Gasteiger partial charge >= 0.3 is 12.0 Å². The van der Waals surface area contributed by atoms with E-state index in [4.69, 9.17) is 0 Å². The number of carboxylic acid groups (broad SMARTS) is 1. The molecule has 1 saturated heterocycles. The monoisotopic (exact) mass is 296 g/mol. The number of carbonyl (C=O) groups excluding carboxylic acids is 1. The lowest BCUT2D eigenvalue weighted by atomic mass is 9.76. The van der Waals surface area contributed by atoms with Crippen molar-refractivity contribution in [2.75, 3.05) is 13.1 Å². The lowest BCUT2D eigenvalue weighted by Crippen LogP contribution is -2.53. The van der Waals surface area contributed by atoms with Gasteiger partial charge in [0.15, 0.2) is 0 Å². The average molecular weight is 296 g/mol. The van der Waals surface area contributed by atoms with Gasteiger partial charge in [0.05, 0.1) is 5.41 Å². The Hall–Kier alpha value is -1.26. The second-order valence-corrected chi connectivity index (χ2v) is 6.93. The first-order valence-corrected chi connectivity index (χ1v) is 8.25. The molecule has 21 heavy (non-hydrogen) atoms. The van der Waals surface area contributed by atoms with Gasteiger partial charge in [-0.05, 0) is 44.4 Å². The molecule has 1 heterocycles. The number of likely N-dealkylation sites (tertiary alicyclic amines) is 1. The number of urea groups is 1. The third-order valence-electron chi connectivity index (χ3n) is 5.07. The highest BCUT2D eigenvalue weighted by Crippen LogP contribution is 2.35. The van der Waals surface area contributed by atoms with Crippen LogP contribution in [0.15, 0.2) is 0 Å². The van der Waals surface area contributed by atoms with Crippen molar-refractivity contribution in [3.8, 4) is 0 Å². The molecule has 5 nitrogen and oxygen atoms in total. The number of aliphatic carboxylic acids is 1. The van der Waals surface area contributed by atoms with Crippen LogP contribution in [0.4, 0.5) is 4.79 Å². The van der Waals surface area contributed by atoms with Gasteiger partial charge in [0.1, 0.15) is 0 Å². The summed E-state index contributed by atoms with van der Waals surface area (Å²) in [5.74, 6) is -0.0776. The molecule has 5 heteroatoms. The molecule has 0 radical (unpaired) electrons. The van der Waals surface area contributed by atoms with Gasteiger partial charge in [0.25, 0.3) is 0 Å². The van der Waals surface area contributed by atoms with Crippen molar-refractivity contribution in [3.63, 3.8) is 0 Å². The van der Waals surface area contributed by atoms with Crippen molar-refractivity contribution >= 4 is 12.0 Å². The Morgan fingerprint density at radius 2 is 2.14 bits per heavy atom. The molecule has 2 rings (SSSR count). The average Bonchev–Trinajstić information content (AvgIpc) is 2.84. The summed E-state index contributed by atoms with van der Waals surface area (Å²) >= 11 is 0. The number of hydrogen-bond donors (Lipinski definition) is 2. The van der Waals surface area contributed by atoms with Crippen LogP contribution in [-0.4, -0.2) is 41.1 Å². The molecule has 2 amide bonds. The van der Waals surface area contributed by atoms with E-state index in [2.05, 4.69) is 12.2 Å². The van der Waals surface area contributed by atoms with E-state index < -0.39 is 11.4 Å². The van der Waals surface area contributed by atoms with Crippen LogP contribution < -0.4 is 5.32 Å². The minimum absolute atomic E-state index is 0.0736. The minimum atomic E-state index is -0.753. The summed E-state index contributed by atoms with van der Waals surface area (Å²) in [5, 5.41) is 12.7. The molecule has 3 atom stereocenters. The van der Waals surface area contributed by atoms with Gasteiger partial charge in [-0.25, -0.2) is 4.79 Å². The lowest BCUT2D eigenvalue weighted by molar-refractivity contribution is -0.152. The smallest absolute Gasteiger partial charge is 0.317 e. The molecule has 2 aliphatic rings. The van der Waals surface area contributed by atoms with Crippen LogP contribution in [0.1, 0.15) is 58.8 Å². The van der Waals surface area contributed by atoms with Gasteiger partial charge in [-0.3, -0.25) is 4.79 Å². The van der Waals surface area contributed by atoms with Gasteiger partial charge in [-0.1, -0.05) is 20.3 Å². The number of piperidine rings is 1. The van der Waals surface area contributed by atoms with Crippen molar-refractivity contribution in [1.29, 1.82) is 0 Å².